The van der Waals surface area contributed by atoms with E-state index in [-0.39, 0.29) is 11.5 Å². The van der Waals surface area contributed by atoms with Crippen LogP contribution in [0.1, 0.15) is 113 Å². The Morgan fingerprint density at radius 2 is 1.69 bits per heavy atom. The van der Waals surface area contributed by atoms with Gasteiger partial charge in [0.25, 0.3) is 0 Å². The normalized spacial score (nSPS) is 17.4. The van der Waals surface area contributed by atoms with Gasteiger partial charge in [-0.15, -0.1) is 0 Å². The van der Waals surface area contributed by atoms with Crippen LogP contribution in [-0.2, 0) is 18.3 Å². The number of benzene rings is 2. The Morgan fingerprint density at radius 1 is 0.926 bits per heavy atom. The first kappa shape index (κ1) is 36.6. The Kier molecular flexibility index (Phi) is 8.92. The van der Waals surface area contributed by atoms with Crippen molar-refractivity contribution in [1.82, 2.24) is 4.98 Å². The summed E-state index contributed by atoms with van der Waals surface area (Å²) >= 11 is 0. The molecule has 5 heteroatoms. The molecule has 6 heterocycles. The van der Waals surface area contributed by atoms with Crippen molar-refractivity contribution in [2.75, 3.05) is 0 Å². The summed E-state index contributed by atoms with van der Waals surface area (Å²) in [6, 6.07) is 23.8. The zero-order valence-corrected chi connectivity index (χ0v) is 35.5. The van der Waals surface area contributed by atoms with E-state index in [1.165, 1.54) is 44.6 Å². The number of nitrogens with zero attached hydrogens (tertiary/aromatic N) is 3. The minimum Gasteiger partial charge on any atom is -0.437 e. The lowest BCUT2D eigenvalue weighted by Gasteiger charge is -2.34. The summed E-state index contributed by atoms with van der Waals surface area (Å²) in [5.41, 5.74) is 15.9. The van der Waals surface area contributed by atoms with Crippen LogP contribution < -0.4 is 14.3 Å². The fourth-order valence-electron chi connectivity index (χ4n) is 9.28. The van der Waals surface area contributed by atoms with Crippen LogP contribution in [0.3, 0.4) is 0 Å². The van der Waals surface area contributed by atoms with Crippen molar-refractivity contribution >= 4 is 41.0 Å². The zero-order valence-electron chi connectivity index (χ0n) is 34.5. The number of hydrogen-bond acceptors (Lipinski definition) is 2. The number of pyridine rings is 3. The largest absolute Gasteiger partial charge is 0.437 e. The summed E-state index contributed by atoms with van der Waals surface area (Å²) < 4.78 is 11.9. The van der Waals surface area contributed by atoms with Crippen molar-refractivity contribution in [2.45, 2.75) is 124 Å². The highest BCUT2D eigenvalue weighted by molar-refractivity contribution is 6.89. The first-order valence-electron chi connectivity index (χ1n) is 20.3. The Balaban J connectivity index is 1.39. The first-order valence-corrected chi connectivity index (χ1v) is 23.8. The van der Waals surface area contributed by atoms with Gasteiger partial charge in [-0.3, -0.25) is 0 Å². The second kappa shape index (κ2) is 13.1. The van der Waals surface area contributed by atoms with Crippen molar-refractivity contribution in [3.8, 4) is 22.5 Å². The minimum absolute atomic E-state index is 0.0554. The second-order valence-electron chi connectivity index (χ2n) is 19.1. The van der Waals surface area contributed by atoms with E-state index in [1.807, 2.05) is 6.92 Å². The maximum Gasteiger partial charge on any atom is 0.227 e. The third-order valence-electron chi connectivity index (χ3n) is 12.2. The molecule has 4 nitrogen and oxygen atoms in total. The Morgan fingerprint density at radius 3 is 2.39 bits per heavy atom. The van der Waals surface area contributed by atoms with E-state index in [9.17, 15) is 0 Å². The fraction of sp³-hybridized carbons (Fsp3) is 0.408. The number of furan rings is 1. The number of aryl methyl sites for hydroxylation is 2. The van der Waals surface area contributed by atoms with Gasteiger partial charge in [-0.1, -0.05) is 92.4 Å². The maximum atomic E-state index is 6.78. The van der Waals surface area contributed by atoms with Crippen LogP contribution in [0.25, 0.3) is 50.3 Å². The molecule has 0 aliphatic carbocycles. The number of allylic oxidation sites excluding steroid dienone is 1. The summed E-state index contributed by atoms with van der Waals surface area (Å²) in [7, 11) is -1.68. The van der Waals surface area contributed by atoms with E-state index in [2.05, 4.69) is 150 Å². The van der Waals surface area contributed by atoms with E-state index in [1.54, 1.807) is 5.19 Å². The number of rotatable bonds is 4. The van der Waals surface area contributed by atoms with Crippen molar-refractivity contribution in [3.63, 3.8) is 0 Å². The van der Waals surface area contributed by atoms with Gasteiger partial charge in [-0.05, 0) is 96.0 Å². The molecule has 0 fully saturated rings. The number of hydrogen-bond donors (Lipinski definition) is 0. The lowest BCUT2D eigenvalue weighted by atomic mass is 9.75. The van der Waals surface area contributed by atoms with Gasteiger partial charge in [0.05, 0.1) is 25.6 Å². The third kappa shape index (κ3) is 6.26. The summed E-state index contributed by atoms with van der Waals surface area (Å²) in [6.07, 6.45) is 8.80. The Hall–Kier alpha value is -4.35. The van der Waals surface area contributed by atoms with Gasteiger partial charge >= 0.3 is 0 Å². The molecule has 2 atom stereocenters. The van der Waals surface area contributed by atoms with Gasteiger partial charge < -0.3 is 4.42 Å². The van der Waals surface area contributed by atoms with Gasteiger partial charge in [-0.25, -0.2) is 4.98 Å². The number of fused-ring (bicyclic) bond motifs is 13. The standard InChI is InChI=1S/C49H59N3OSi/c1-29(2)23-35-26-43-41-27-36(49(7,8)9)16-20-37(41)38-18-14-33-15-19-39-40-17-13-31(5)50-48(40)53-47(39)46(33)44-25-34(30(3)4)21-22-51(44)32(6)24-42(38)52(43)28-45(35)54(10,11)12/h13,15-17,19-22,25-30,38,42H,6,14,18,23-24H2,1-5,7-12H3/q+2. The monoisotopic (exact) mass is 733 g/mol. The highest BCUT2D eigenvalue weighted by Gasteiger charge is 2.44. The van der Waals surface area contributed by atoms with Gasteiger partial charge in [0.15, 0.2) is 29.7 Å². The maximum absolute atomic E-state index is 6.78. The lowest BCUT2D eigenvalue weighted by molar-refractivity contribution is -0.719. The van der Waals surface area contributed by atoms with Crippen LogP contribution in [0, 0.1) is 12.8 Å². The quantitative estimate of drug-likeness (QED) is 0.134. The van der Waals surface area contributed by atoms with Crippen LogP contribution in [-0.4, -0.2) is 13.1 Å². The van der Waals surface area contributed by atoms with E-state index in [0.29, 0.717) is 23.5 Å². The molecule has 0 spiro atoms. The van der Waals surface area contributed by atoms with E-state index < -0.39 is 8.07 Å². The summed E-state index contributed by atoms with van der Waals surface area (Å²) in [4.78, 5) is 4.83. The molecule has 54 heavy (non-hydrogen) atoms. The van der Waals surface area contributed by atoms with Crippen molar-refractivity contribution in [2.24, 2.45) is 5.92 Å². The molecule has 0 saturated carbocycles. The molecular formula is C49H59N3OSi+2. The Labute approximate surface area is 324 Å². The molecule has 0 saturated heterocycles. The molecule has 2 aliphatic rings. The molecule has 2 aliphatic heterocycles. The molecular weight excluding hydrogens is 675 g/mol. The van der Waals surface area contributed by atoms with Crippen molar-refractivity contribution in [3.05, 3.63) is 113 Å². The fourth-order valence-corrected chi connectivity index (χ4v) is 10.9. The topological polar surface area (TPSA) is 33.8 Å². The third-order valence-corrected chi connectivity index (χ3v) is 14.3. The van der Waals surface area contributed by atoms with Crippen LogP contribution >= 0.6 is 0 Å². The van der Waals surface area contributed by atoms with Crippen LogP contribution in [0.15, 0.2) is 84.1 Å². The molecule has 0 amide bonds. The highest BCUT2D eigenvalue weighted by Crippen LogP contribution is 2.47. The second-order valence-corrected chi connectivity index (χ2v) is 24.2. The summed E-state index contributed by atoms with van der Waals surface area (Å²) in [5.74, 6) is 1.30. The van der Waals surface area contributed by atoms with Crippen molar-refractivity contribution < 1.29 is 13.6 Å². The smallest absolute Gasteiger partial charge is 0.227 e. The molecule has 6 aromatic rings. The van der Waals surface area contributed by atoms with Gasteiger partial charge in [0.2, 0.25) is 17.1 Å². The highest BCUT2D eigenvalue weighted by atomic mass is 28.3. The molecule has 278 valence electrons. The van der Waals surface area contributed by atoms with Crippen LogP contribution in [0.5, 0.6) is 0 Å². The van der Waals surface area contributed by atoms with Gasteiger partial charge in [0.1, 0.15) is 0 Å². The van der Waals surface area contributed by atoms with E-state index in [4.69, 9.17) is 16.0 Å². The molecule has 2 aromatic carbocycles. The van der Waals surface area contributed by atoms with Crippen LogP contribution in [0.4, 0.5) is 0 Å². The Bertz CT molecular complexity index is 2470. The van der Waals surface area contributed by atoms with E-state index >= 15 is 0 Å². The lowest BCUT2D eigenvalue weighted by Crippen LogP contribution is -2.54. The molecule has 0 radical (unpaired) electrons. The summed E-state index contributed by atoms with van der Waals surface area (Å²) in [6.45, 7) is 30.8. The molecule has 4 aromatic heterocycles. The average molecular weight is 734 g/mol. The molecule has 8 rings (SSSR count). The van der Waals surface area contributed by atoms with Crippen molar-refractivity contribution in [1.29, 1.82) is 0 Å². The zero-order chi connectivity index (χ0) is 38.4. The molecule has 0 N–H and O–H groups in total. The molecule has 2 unspecified atom stereocenters. The predicted octanol–water partition coefficient (Wildman–Crippen LogP) is 11.5. The van der Waals surface area contributed by atoms with Crippen LogP contribution in [0.2, 0.25) is 19.6 Å². The number of aromatic nitrogens is 3. The first-order chi connectivity index (χ1) is 25.5. The summed E-state index contributed by atoms with van der Waals surface area (Å²) in [5, 5.41) is 3.78. The molecule has 0 bridgehead atoms. The SMILES string of the molecule is C=C1CC2C(CCc3ccc4c(oc5nc(C)ccc54)c3-c3cc(C(C)C)cc[n+]31)c1ccc(C(C)(C)C)cc1-c1cc(CC(C)C)c([Si](C)(C)C)c[n+]12. The van der Waals surface area contributed by atoms with E-state index in [0.717, 1.165) is 59.1 Å². The predicted molar refractivity (Wildman–Crippen MR) is 228 cm³/mol. The average Bonchev–Trinajstić information content (AvgIpc) is 3.46. The van der Waals surface area contributed by atoms with Gasteiger partial charge in [-0.2, -0.15) is 9.13 Å². The van der Waals surface area contributed by atoms with Gasteiger partial charge in [0, 0.05) is 45.8 Å². The minimum atomic E-state index is -1.68.